The molecule has 0 aliphatic rings. The van der Waals surface area contributed by atoms with Crippen molar-refractivity contribution in [3.8, 4) is 0 Å². The van der Waals surface area contributed by atoms with Crippen LogP contribution in [0.2, 0.25) is 15.1 Å². The predicted molar refractivity (Wildman–Crippen MR) is 148 cm³/mol. The van der Waals surface area contributed by atoms with Gasteiger partial charge in [-0.25, -0.2) is 8.42 Å². The Labute approximate surface area is 241 Å². The molecule has 2 amide bonds. The van der Waals surface area contributed by atoms with Crippen molar-refractivity contribution in [2.45, 2.75) is 58.4 Å². The van der Waals surface area contributed by atoms with E-state index in [1.54, 1.807) is 19.9 Å². The Bertz CT molecular complexity index is 1310. The van der Waals surface area contributed by atoms with Crippen LogP contribution < -0.4 is 9.62 Å². The molecule has 0 radical (unpaired) electrons. The lowest BCUT2D eigenvalue weighted by molar-refractivity contribution is -0.140. The number of benzene rings is 2. The van der Waals surface area contributed by atoms with Crippen molar-refractivity contribution in [2.24, 2.45) is 0 Å². The Kier molecular flexibility index (Phi) is 11.4. The van der Waals surface area contributed by atoms with Crippen LogP contribution in [0.1, 0.15) is 44.7 Å². The second kappa shape index (κ2) is 13.4. The number of nitrogens with one attached hydrogen (secondary N) is 1. The first-order chi connectivity index (χ1) is 18.0. The van der Waals surface area contributed by atoms with Crippen molar-refractivity contribution >= 4 is 62.3 Å². The molecule has 0 heterocycles. The van der Waals surface area contributed by atoms with E-state index in [1.807, 2.05) is 6.92 Å². The molecule has 39 heavy (non-hydrogen) atoms. The average molecular weight is 631 g/mol. The van der Waals surface area contributed by atoms with Crippen molar-refractivity contribution < 1.29 is 31.2 Å². The molecule has 2 rings (SSSR count). The fourth-order valence-corrected chi connectivity index (χ4v) is 5.08. The molecule has 0 bridgehead atoms. The second-order valence-corrected chi connectivity index (χ2v) is 12.1. The molecule has 0 aliphatic carbocycles. The number of hydrogen-bond donors (Lipinski definition) is 1. The van der Waals surface area contributed by atoms with Crippen LogP contribution in [0.25, 0.3) is 0 Å². The van der Waals surface area contributed by atoms with Gasteiger partial charge in [-0.15, -0.1) is 0 Å². The molecule has 0 saturated heterocycles. The number of amides is 2. The quantitative estimate of drug-likeness (QED) is 0.323. The Balaban J connectivity index is 2.55. The fraction of sp³-hybridized carbons (Fsp3) is 0.440. The SMILES string of the molecule is CC[C@@H](C)NC(=O)[C@H](CC)N(Cc1ccc(Cl)c(Cl)c1)C(=O)CN(c1ccc(Cl)c(C(F)(F)F)c1)S(C)(=O)=O. The standard InChI is InChI=1S/C25H29Cl3F3N3O4S/c1-5-15(3)32-24(36)22(6-2)33(13-16-7-9-20(27)21(28)11-16)23(35)14-34(39(4,37)38)17-8-10-19(26)18(12-17)25(29,30)31/h7-12,15,22H,5-6,13-14H2,1-4H3,(H,32,36)/t15-,22+/m1/s1. The highest BCUT2D eigenvalue weighted by Gasteiger charge is 2.36. The van der Waals surface area contributed by atoms with Gasteiger partial charge in [0.05, 0.1) is 32.6 Å². The van der Waals surface area contributed by atoms with Gasteiger partial charge in [0.25, 0.3) is 0 Å². The summed E-state index contributed by atoms with van der Waals surface area (Å²) in [7, 11) is -4.25. The van der Waals surface area contributed by atoms with Gasteiger partial charge < -0.3 is 10.2 Å². The van der Waals surface area contributed by atoms with Gasteiger partial charge in [-0.3, -0.25) is 13.9 Å². The van der Waals surface area contributed by atoms with Gasteiger partial charge in [0.15, 0.2) is 0 Å². The molecule has 1 N–H and O–H groups in total. The summed E-state index contributed by atoms with van der Waals surface area (Å²) in [6.07, 6.45) is -3.30. The lowest BCUT2D eigenvalue weighted by Gasteiger charge is -2.33. The maximum Gasteiger partial charge on any atom is 0.417 e. The number of nitrogens with zero attached hydrogens (tertiary/aromatic N) is 2. The van der Waals surface area contributed by atoms with Crippen LogP contribution in [0.15, 0.2) is 36.4 Å². The normalized spacial score (nSPS) is 13.5. The molecule has 2 aromatic rings. The van der Waals surface area contributed by atoms with E-state index >= 15 is 0 Å². The van der Waals surface area contributed by atoms with Gasteiger partial charge in [-0.1, -0.05) is 54.7 Å². The summed E-state index contributed by atoms with van der Waals surface area (Å²) in [5, 5.41) is 2.67. The third-order valence-electron chi connectivity index (χ3n) is 5.95. The molecule has 2 atom stereocenters. The van der Waals surface area contributed by atoms with Crippen LogP contribution >= 0.6 is 34.8 Å². The highest BCUT2D eigenvalue weighted by atomic mass is 35.5. The van der Waals surface area contributed by atoms with Gasteiger partial charge in [-0.2, -0.15) is 13.2 Å². The number of rotatable bonds is 11. The van der Waals surface area contributed by atoms with Gasteiger partial charge >= 0.3 is 6.18 Å². The number of anilines is 1. The number of halogens is 6. The molecule has 14 heteroatoms. The zero-order chi connectivity index (χ0) is 29.7. The zero-order valence-corrected chi connectivity index (χ0v) is 24.7. The number of carbonyl (C=O) groups excluding carboxylic acids is 2. The first-order valence-electron chi connectivity index (χ1n) is 11.9. The van der Waals surface area contributed by atoms with Crippen LogP contribution in [0.5, 0.6) is 0 Å². The number of alkyl halides is 3. The zero-order valence-electron chi connectivity index (χ0n) is 21.7. The van der Waals surface area contributed by atoms with Gasteiger partial charge in [0.2, 0.25) is 21.8 Å². The van der Waals surface area contributed by atoms with Crippen LogP contribution in [-0.4, -0.2) is 50.0 Å². The van der Waals surface area contributed by atoms with Crippen molar-refractivity contribution in [2.75, 3.05) is 17.1 Å². The molecule has 0 fully saturated rings. The van der Waals surface area contributed by atoms with Crippen molar-refractivity contribution in [1.29, 1.82) is 0 Å². The molecular weight excluding hydrogens is 602 g/mol. The monoisotopic (exact) mass is 629 g/mol. The van der Waals surface area contributed by atoms with Crippen LogP contribution in [0.3, 0.4) is 0 Å². The molecular formula is C25H29Cl3F3N3O4S. The maximum absolute atomic E-state index is 13.7. The van der Waals surface area contributed by atoms with E-state index < -0.39 is 56.9 Å². The number of hydrogen-bond acceptors (Lipinski definition) is 4. The van der Waals surface area contributed by atoms with E-state index in [9.17, 15) is 31.2 Å². The number of sulfonamides is 1. The molecule has 7 nitrogen and oxygen atoms in total. The summed E-state index contributed by atoms with van der Waals surface area (Å²) in [5.74, 6) is -1.28. The van der Waals surface area contributed by atoms with Crippen molar-refractivity contribution in [3.63, 3.8) is 0 Å². The Morgan fingerprint density at radius 3 is 2.10 bits per heavy atom. The summed E-state index contributed by atoms with van der Waals surface area (Å²) in [6, 6.07) is 5.94. The topological polar surface area (TPSA) is 86.8 Å². The highest BCUT2D eigenvalue weighted by Crippen LogP contribution is 2.37. The molecule has 0 unspecified atom stereocenters. The summed E-state index contributed by atoms with van der Waals surface area (Å²) in [4.78, 5) is 28.0. The molecule has 0 aromatic heterocycles. The van der Waals surface area contributed by atoms with Crippen LogP contribution in [0.4, 0.5) is 18.9 Å². The van der Waals surface area contributed by atoms with E-state index in [0.29, 0.717) is 22.4 Å². The van der Waals surface area contributed by atoms with E-state index in [1.165, 1.54) is 17.0 Å². The highest BCUT2D eigenvalue weighted by molar-refractivity contribution is 7.92. The summed E-state index contributed by atoms with van der Waals surface area (Å²) in [6.45, 7) is 4.33. The van der Waals surface area contributed by atoms with E-state index in [-0.39, 0.29) is 29.1 Å². The van der Waals surface area contributed by atoms with Gasteiger partial charge in [0, 0.05) is 12.6 Å². The molecule has 0 spiro atoms. The predicted octanol–water partition coefficient (Wildman–Crippen LogP) is 6.15. The molecule has 0 aliphatic heterocycles. The molecule has 216 valence electrons. The Morgan fingerprint density at radius 2 is 1.59 bits per heavy atom. The smallest absolute Gasteiger partial charge is 0.352 e. The first-order valence-corrected chi connectivity index (χ1v) is 14.9. The van der Waals surface area contributed by atoms with Gasteiger partial charge in [-0.05, 0) is 55.7 Å². The minimum absolute atomic E-state index is 0.145. The van der Waals surface area contributed by atoms with E-state index in [2.05, 4.69) is 5.32 Å². The number of carbonyl (C=O) groups is 2. The maximum atomic E-state index is 13.7. The lowest BCUT2D eigenvalue weighted by atomic mass is 10.1. The first kappa shape index (κ1) is 33.0. The van der Waals surface area contributed by atoms with Crippen molar-refractivity contribution in [1.82, 2.24) is 10.2 Å². The van der Waals surface area contributed by atoms with E-state index in [4.69, 9.17) is 34.8 Å². The van der Waals surface area contributed by atoms with Crippen molar-refractivity contribution in [3.05, 3.63) is 62.6 Å². The Morgan fingerprint density at radius 1 is 0.974 bits per heavy atom. The third-order valence-corrected chi connectivity index (χ3v) is 8.16. The van der Waals surface area contributed by atoms with E-state index in [0.717, 1.165) is 18.4 Å². The lowest BCUT2D eigenvalue weighted by Crippen LogP contribution is -2.53. The second-order valence-electron chi connectivity index (χ2n) is 8.94. The molecule has 2 aromatic carbocycles. The Hall–Kier alpha value is -2.21. The summed E-state index contributed by atoms with van der Waals surface area (Å²) in [5.41, 5.74) is -1.16. The summed E-state index contributed by atoms with van der Waals surface area (Å²) < 4.78 is 66.3. The largest absolute Gasteiger partial charge is 0.417 e. The molecule has 0 saturated carbocycles. The third kappa shape index (κ3) is 8.89. The van der Waals surface area contributed by atoms with Gasteiger partial charge in [0.1, 0.15) is 12.6 Å². The minimum Gasteiger partial charge on any atom is -0.352 e. The fourth-order valence-electron chi connectivity index (χ4n) is 3.69. The van der Waals surface area contributed by atoms with Crippen LogP contribution in [-0.2, 0) is 32.3 Å². The minimum atomic E-state index is -4.86. The summed E-state index contributed by atoms with van der Waals surface area (Å²) >= 11 is 17.8. The average Bonchev–Trinajstić information content (AvgIpc) is 2.83. The van der Waals surface area contributed by atoms with Crippen LogP contribution in [0, 0.1) is 0 Å².